The molecule has 0 spiro atoms. The Labute approximate surface area is 194 Å². The predicted octanol–water partition coefficient (Wildman–Crippen LogP) is 4.33. The third-order valence-corrected chi connectivity index (χ3v) is 5.24. The highest BCUT2D eigenvalue weighted by Crippen LogP contribution is 2.42. The van der Waals surface area contributed by atoms with Gasteiger partial charge >= 0.3 is 0 Å². The Morgan fingerprint density at radius 1 is 1.03 bits per heavy atom. The number of Topliss-reactive ketones (excluding diaryl/α,β-unsaturated/α-hetero) is 1. The number of carbonyl (C=O) groups is 2. The molecule has 0 bridgehead atoms. The standard InChI is InChI=1S/C26H31NO6/c1-16(2)32-14-13-27-23(20-11-6-7-12-21(20)31-5)22(25(29)26(27)30)24(28)18-9-8-10-19(15-18)33-17(3)4/h6-12,15-17,23,28H,13-14H2,1-5H3/b24-22+. The maximum Gasteiger partial charge on any atom is 0.295 e. The van der Waals surface area contributed by atoms with Crippen molar-refractivity contribution >= 4 is 17.4 Å². The number of nitrogens with zero attached hydrogens (tertiary/aromatic N) is 1. The molecule has 1 amide bonds. The molecule has 0 aromatic heterocycles. The number of carbonyl (C=O) groups excluding carboxylic acids is 2. The van der Waals surface area contributed by atoms with E-state index < -0.39 is 17.7 Å². The Bertz CT molecular complexity index is 1040. The predicted molar refractivity (Wildman–Crippen MR) is 125 cm³/mol. The number of benzene rings is 2. The van der Waals surface area contributed by atoms with Crippen LogP contribution >= 0.6 is 0 Å². The molecule has 1 fully saturated rings. The number of ketones is 1. The molecule has 1 heterocycles. The van der Waals surface area contributed by atoms with Gasteiger partial charge in [-0.25, -0.2) is 0 Å². The van der Waals surface area contributed by atoms with Crippen LogP contribution in [0.1, 0.15) is 44.9 Å². The van der Waals surface area contributed by atoms with E-state index in [9.17, 15) is 14.7 Å². The summed E-state index contributed by atoms with van der Waals surface area (Å²) < 4.78 is 16.9. The van der Waals surface area contributed by atoms with Crippen molar-refractivity contribution in [1.29, 1.82) is 0 Å². The second kappa shape index (κ2) is 10.5. The van der Waals surface area contributed by atoms with Crippen LogP contribution in [0.15, 0.2) is 54.1 Å². The number of methoxy groups -OCH3 is 1. The van der Waals surface area contributed by atoms with Crippen LogP contribution in [0, 0.1) is 0 Å². The molecule has 1 unspecified atom stereocenters. The zero-order valence-corrected chi connectivity index (χ0v) is 19.7. The maximum atomic E-state index is 13.2. The molecule has 1 atom stereocenters. The zero-order valence-electron chi connectivity index (χ0n) is 19.7. The van der Waals surface area contributed by atoms with Crippen molar-refractivity contribution in [1.82, 2.24) is 4.90 Å². The molecule has 1 saturated heterocycles. The zero-order chi connectivity index (χ0) is 24.1. The highest BCUT2D eigenvalue weighted by Gasteiger charge is 2.46. The number of hydrogen-bond acceptors (Lipinski definition) is 6. The molecule has 3 rings (SSSR count). The monoisotopic (exact) mass is 453 g/mol. The topological polar surface area (TPSA) is 85.3 Å². The summed E-state index contributed by atoms with van der Waals surface area (Å²) >= 11 is 0. The number of likely N-dealkylation sites (tertiary alicyclic amines) is 1. The van der Waals surface area contributed by atoms with Gasteiger partial charge in [0.1, 0.15) is 17.3 Å². The van der Waals surface area contributed by atoms with Gasteiger partial charge in [-0.05, 0) is 45.9 Å². The molecule has 0 radical (unpaired) electrons. The second-order valence-electron chi connectivity index (χ2n) is 8.35. The van der Waals surface area contributed by atoms with Gasteiger partial charge in [-0.15, -0.1) is 0 Å². The van der Waals surface area contributed by atoms with Gasteiger partial charge in [-0.2, -0.15) is 0 Å². The van der Waals surface area contributed by atoms with Crippen LogP contribution in [0.5, 0.6) is 11.5 Å². The van der Waals surface area contributed by atoms with Crippen molar-refractivity contribution in [3.63, 3.8) is 0 Å². The Morgan fingerprint density at radius 2 is 1.76 bits per heavy atom. The molecule has 7 heteroatoms. The number of hydrogen-bond donors (Lipinski definition) is 1. The first kappa shape index (κ1) is 24.3. The van der Waals surface area contributed by atoms with Crippen molar-refractivity contribution in [2.24, 2.45) is 0 Å². The van der Waals surface area contributed by atoms with Gasteiger partial charge < -0.3 is 24.2 Å². The first-order chi connectivity index (χ1) is 15.7. The fourth-order valence-electron chi connectivity index (χ4n) is 3.86. The molecular formula is C26H31NO6. The minimum absolute atomic E-state index is 0.00995. The molecule has 1 aliphatic rings. The first-order valence-electron chi connectivity index (χ1n) is 11.0. The number of aliphatic hydroxyl groups excluding tert-OH is 1. The van der Waals surface area contributed by atoms with Crippen LogP contribution in [0.3, 0.4) is 0 Å². The summed E-state index contributed by atoms with van der Waals surface area (Å²) in [5, 5.41) is 11.2. The van der Waals surface area contributed by atoms with Crippen molar-refractivity contribution in [3.05, 3.63) is 65.2 Å². The van der Waals surface area contributed by atoms with E-state index in [1.54, 1.807) is 42.5 Å². The van der Waals surface area contributed by atoms with E-state index in [0.29, 0.717) is 22.6 Å². The third kappa shape index (κ3) is 5.37. The van der Waals surface area contributed by atoms with E-state index in [0.717, 1.165) is 0 Å². The lowest BCUT2D eigenvalue weighted by molar-refractivity contribution is -0.140. The van der Waals surface area contributed by atoms with Gasteiger partial charge in [0.15, 0.2) is 0 Å². The van der Waals surface area contributed by atoms with Crippen molar-refractivity contribution in [2.45, 2.75) is 45.9 Å². The number of amides is 1. The van der Waals surface area contributed by atoms with E-state index in [1.165, 1.54) is 12.0 Å². The Balaban J connectivity index is 2.13. The maximum absolute atomic E-state index is 13.2. The summed E-state index contributed by atoms with van der Waals surface area (Å²) in [7, 11) is 1.53. The summed E-state index contributed by atoms with van der Waals surface area (Å²) in [4.78, 5) is 27.6. The molecule has 176 valence electrons. The van der Waals surface area contributed by atoms with E-state index in [-0.39, 0.29) is 36.7 Å². The van der Waals surface area contributed by atoms with Crippen LogP contribution < -0.4 is 9.47 Å². The van der Waals surface area contributed by atoms with Gasteiger partial charge in [0.2, 0.25) is 0 Å². The number of ether oxygens (including phenoxy) is 3. The van der Waals surface area contributed by atoms with Crippen LogP contribution in [0.25, 0.3) is 5.76 Å². The fourth-order valence-corrected chi connectivity index (χ4v) is 3.86. The van der Waals surface area contributed by atoms with E-state index in [1.807, 2.05) is 33.8 Å². The lowest BCUT2D eigenvalue weighted by Crippen LogP contribution is -2.33. The molecule has 0 saturated carbocycles. The van der Waals surface area contributed by atoms with Gasteiger partial charge in [0.05, 0.1) is 37.5 Å². The average molecular weight is 454 g/mol. The smallest absolute Gasteiger partial charge is 0.295 e. The SMILES string of the molecule is COc1ccccc1C1/C(=C(\O)c2cccc(OC(C)C)c2)C(=O)C(=O)N1CCOC(C)C. The van der Waals surface area contributed by atoms with Gasteiger partial charge in [0, 0.05) is 17.7 Å². The number of para-hydroxylation sites is 1. The Hall–Kier alpha value is -3.32. The molecule has 7 nitrogen and oxygen atoms in total. The van der Waals surface area contributed by atoms with E-state index >= 15 is 0 Å². The molecule has 1 aliphatic heterocycles. The summed E-state index contributed by atoms with van der Waals surface area (Å²) in [6, 6.07) is 13.2. The van der Waals surface area contributed by atoms with Crippen molar-refractivity contribution in [3.8, 4) is 11.5 Å². The molecular weight excluding hydrogens is 422 g/mol. The van der Waals surface area contributed by atoms with Gasteiger partial charge in [0.25, 0.3) is 11.7 Å². The normalized spacial score (nSPS) is 17.8. The third-order valence-electron chi connectivity index (χ3n) is 5.24. The average Bonchev–Trinajstić information content (AvgIpc) is 3.03. The number of rotatable bonds is 9. The Morgan fingerprint density at radius 3 is 2.42 bits per heavy atom. The quantitative estimate of drug-likeness (QED) is 0.346. The molecule has 2 aromatic rings. The molecule has 2 aromatic carbocycles. The van der Waals surface area contributed by atoms with Crippen LogP contribution in [0.2, 0.25) is 0 Å². The van der Waals surface area contributed by atoms with Crippen LogP contribution in [-0.2, 0) is 14.3 Å². The lowest BCUT2D eigenvalue weighted by Gasteiger charge is -2.26. The number of aliphatic hydroxyl groups is 1. The fraction of sp³-hybridized carbons (Fsp3) is 0.385. The second-order valence-corrected chi connectivity index (χ2v) is 8.35. The minimum atomic E-state index is -0.813. The summed E-state index contributed by atoms with van der Waals surface area (Å²) in [5.41, 5.74) is 1.01. The van der Waals surface area contributed by atoms with Crippen molar-refractivity contribution in [2.75, 3.05) is 20.3 Å². The van der Waals surface area contributed by atoms with Gasteiger partial charge in [-0.1, -0.05) is 30.3 Å². The summed E-state index contributed by atoms with van der Waals surface area (Å²) in [6.07, 6.45) is -0.0715. The molecule has 0 aliphatic carbocycles. The van der Waals surface area contributed by atoms with Gasteiger partial charge in [-0.3, -0.25) is 9.59 Å². The lowest BCUT2D eigenvalue weighted by atomic mass is 9.94. The highest BCUT2D eigenvalue weighted by atomic mass is 16.5. The largest absolute Gasteiger partial charge is 0.507 e. The highest BCUT2D eigenvalue weighted by molar-refractivity contribution is 6.46. The minimum Gasteiger partial charge on any atom is -0.507 e. The van der Waals surface area contributed by atoms with Crippen molar-refractivity contribution < 1.29 is 28.9 Å². The first-order valence-corrected chi connectivity index (χ1v) is 11.0. The summed E-state index contributed by atoms with van der Waals surface area (Å²) in [6.45, 7) is 8.06. The van der Waals surface area contributed by atoms with E-state index in [2.05, 4.69) is 0 Å². The Kier molecular flexibility index (Phi) is 7.76. The molecule has 33 heavy (non-hydrogen) atoms. The molecule has 1 N–H and O–H groups in total. The van der Waals surface area contributed by atoms with Crippen LogP contribution in [-0.4, -0.2) is 54.2 Å². The van der Waals surface area contributed by atoms with E-state index in [4.69, 9.17) is 14.2 Å². The summed E-state index contributed by atoms with van der Waals surface area (Å²) in [5.74, 6) is -0.618. The van der Waals surface area contributed by atoms with Crippen LogP contribution in [0.4, 0.5) is 0 Å².